The molecule has 3 aromatic rings. The van der Waals surface area contributed by atoms with E-state index in [1.165, 1.54) is 18.2 Å². The molecule has 0 unspecified atom stereocenters. The summed E-state index contributed by atoms with van der Waals surface area (Å²) < 4.78 is 14.2. The van der Waals surface area contributed by atoms with E-state index in [1.54, 1.807) is 24.3 Å². The van der Waals surface area contributed by atoms with E-state index in [0.29, 0.717) is 21.4 Å². The molecule has 0 aliphatic rings. The van der Waals surface area contributed by atoms with Crippen LogP contribution in [0, 0.1) is 5.82 Å². The fourth-order valence-electron chi connectivity index (χ4n) is 2.06. The summed E-state index contributed by atoms with van der Waals surface area (Å²) in [6.45, 7) is 0. The third-order valence-corrected chi connectivity index (χ3v) is 3.01. The Labute approximate surface area is 112 Å². The van der Waals surface area contributed by atoms with Gasteiger partial charge < -0.3 is 10.3 Å². The molecular formula is C14H9FN2O3. The van der Waals surface area contributed by atoms with Gasteiger partial charge in [-0.3, -0.25) is 0 Å². The number of carbonyl (C=O) groups is 1. The van der Waals surface area contributed by atoms with Gasteiger partial charge in [-0.2, -0.15) is 4.73 Å². The van der Waals surface area contributed by atoms with Crippen molar-refractivity contribution in [3.8, 4) is 11.1 Å². The van der Waals surface area contributed by atoms with Gasteiger partial charge >= 0.3 is 5.97 Å². The van der Waals surface area contributed by atoms with Crippen molar-refractivity contribution in [3.63, 3.8) is 0 Å². The molecule has 0 radical (unpaired) electrons. The number of carboxylic acid groups (broad SMARTS) is 1. The first-order chi connectivity index (χ1) is 9.58. The highest BCUT2D eigenvalue weighted by Crippen LogP contribution is 2.26. The van der Waals surface area contributed by atoms with Crippen molar-refractivity contribution in [2.24, 2.45) is 0 Å². The lowest BCUT2D eigenvalue weighted by atomic mass is 10.0. The molecule has 20 heavy (non-hydrogen) atoms. The van der Waals surface area contributed by atoms with Crippen molar-refractivity contribution in [1.82, 2.24) is 9.71 Å². The van der Waals surface area contributed by atoms with Crippen molar-refractivity contribution in [2.45, 2.75) is 0 Å². The number of hydrogen-bond donors (Lipinski definition) is 2. The van der Waals surface area contributed by atoms with E-state index in [1.807, 2.05) is 0 Å². The van der Waals surface area contributed by atoms with Crippen LogP contribution in [0.5, 0.6) is 0 Å². The first kappa shape index (κ1) is 12.2. The third kappa shape index (κ3) is 1.78. The molecule has 100 valence electrons. The van der Waals surface area contributed by atoms with Crippen molar-refractivity contribution in [1.29, 1.82) is 0 Å². The van der Waals surface area contributed by atoms with Gasteiger partial charge in [-0.25, -0.2) is 14.2 Å². The number of halogens is 1. The van der Waals surface area contributed by atoms with E-state index in [2.05, 4.69) is 4.98 Å². The average Bonchev–Trinajstić information content (AvgIpc) is 2.76. The van der Waals surface area contributed by atoms with Crippen LogP contribution in [0.1, 0.15) is 10.6 Å². The van der Waals surface area contributed by atoms with Crippen LogP contribution in [0.2, 0.25) is 0 Å². The second kappa shape index (κ2) is 4.34. The first-order valence-electron chi connectivity index (χ1n) is 5.78. The number of aromatic nitrogens is 2. The number of nitrogens with zero attached hydrogens (tertiary/aromatic N) is 2. The number of aromatic carboxylic acids is 1. The van der Waals surface area contributed by atoms with Gasteiger partial charge in [-0.1, -0.05) is 24.3 Å². The number of benzene rings is 2. The van der Waals surface area contributed by atoms with Crippen LogP contribution in [0.4, 0.5) is 4.39 Å². The second-order valence-corrected chi connectivity index (χ2v) is 4.24. The van der Waals surface area contributed by atoms with E-state index in [4.69, 9.17) is 5.11 Å². The van der Waals surface area contributed by atoms with E-state index in [-0.39, 0.29) is 5.52 Å². The summed E-state index contributed by atoms with van der Waals surface area (Å²) in [5, 5.41) is 18.7. The van der Waals surface area contributed by atoms with Gasteiger partial charge in [0.1, 0.15) is 11.3 Å². The van der Waals surface area contributed by atoms with Crippen LogP contribution in [-0.2, 0) is 0 Å². The SMILES string of the molecule is O=C(O)c1nc2ccc(-c3ccccc3F)cc2n1O. The summed E-state index contributed by atoms with van der Waals surface area (Å²) in [5.41, 5.74) is 1.43. The quantitative estimate of drug-likeness (QED) is 0.703. The second-order valence-electron chi connectivity index (χ2n) is 4.24. The van der Waals surface area contributed by atoms with E-state index >= 15 is 0 Å². The summed E-state index contributed by atoms with van der Waals surface area (Å²) in [5.74, 6) is -2.21. The maximum atomic E-state index is 13.7. The first-order valence-corrected chi connectivity index (χ1v) is 5.78. The maximum Gasteiger partial charge on any atom is 0.375 e. The molecule has 1 heterocycles. The Kier molecular flexibility index (Phi) is 2.64. The maximum absolute atomic E-state index is 13.7. The zero-order valence-electron chi connectivity index (χ0n) is 10.1. The van der Waals surface area contributed by atoms with E-state index in [9.17, 15) is 14.4 Å². The van der Waals surface area contributed by atoms with Gasteiger partial charge in [0.25, 0.3) is 5.82 Å². The van der Waals surface area contributed by atoms with Crippen LogP contribution in [0.3, 0.4) is 0 Å². The molecule has 0 amide bonds. The predicted octanol–water partition coefficient (Wildman–Crippen LogP) is 2.78. The standard InChI is InChI=1S/C14H9FN2O3/c15-10-4-2-1-3-9(10)8-5-6-11-12(7-8)17(20)13(16-11)14(18)19/h1-7,20H,(H,18,19). The van der Waals surface area contributed by atoms with Gasteiger partial charge in [0.15, 0.2) is 0 Å². The van der Waals surface area contributed by atoms with Crippen LogP contribution >= 0.6 is 0 Å². The molecule has 0 atom stereocenters. The Morgan fingerprint density at radius 1 is 1.20 bits per heavy atom. The molecule has 0 aliphatic carbocycles. The van der Waals surface area contributed by atoms with Crippen molar-refractivity contribution in [2.75, 3.05) is 0 Å². The molecule has 1 aromatic heterocycles. The summed E-state index contributed by atoms with van der Waals surface area (Å²) in [6, 6.07) is 10.9. The lowest BCUT2D eigenvalue weighted by Crippen LogP contribution is -2.06. The molecule has 2 aromatic carbocycles. The van der Waals surface area contributed by atoms with Gasteiger partial charge in [0.2, 0.25) is 0 Å². The minimum absolute atomic E-state index is 0.211. The lowest BCUT2D eigenvalue weighted by Gasteiger charge is -2.03. The Balaban J connectivity index is 2.23. The Morgan fingerprint density at radius 3 is 2.65 bits per heavy atom. The number of carboxylic acids is 1. The minimum atomic E-state index is -1.34. The van der Waals surface area contributed by atoms with Gasteiger partial charge in [-0.15, -0.1) is 0 Å². The molecule has 0 saturated heterocycles. The zero-order chi connectivity index (χ0) is 14.3. The predicted molar refractivity (Wildman–Crippen MR) is 69.3 cm³/mol. The molecule has 5 nitrogen and oxygen atoms in total. The highest BCUT2D eigenvalue weighted by Gasteiger charge is 2.17. The van der Waals surface area contributed by atoms with Crippen LogP contribution < -0.4 is 0 Å². The monoisotopic (exact) mass is 272 g/mol. The fraction of sp³-hybridized carbons (Fsp3) is 0. The minimum Gasteiger partial charge on any atom is -0.475 e. The van der Waals surface area contributed by atoms with Crippen LogP contribution in [0.15, 0.2) is 42.5 Å². The Bertz CT molecular complexity index is 826. The smallest absolute Gasteiger partial charge is 0.375 e. The Morgan fingerprint density at radius 2 is 1.95 bits per heavy atom. The molecule has 0 spiro atoms. The normalized spacial score (nSPS) is 10.8. The molecule has 6 heteroatoms. The number of imidazole rings is 1. The molecule has 0 aliphatic heterocycles. The summed E-state index contributed by atoms with van der Waals surface area (Å²) in [4.78, 5) is 14.7. The average molecular weight is 272 g/mol. The molecule has 3 rings (SSSR count). The third-order valence-electron chi connectivity index (χ3n) is 3.01. The topological polar surface area (TPSA) is 75.3 Å². The fourth-order valence-corrected chi connectivity index (χ4v) is 2.06. The van der Waals surface area contributed by atoms with Gasteiger partial charge in [0.05, 0.1) is 5.52 Å². The van der Waals surface area contributed by atoms with Crippen molar-refractivity contribution >= 4 is 17.0 Å². The summed E-state index contributed by atoms with van der Waals surface area (Å²) in [7, 11) is 0. The molecule has 0 saturated carbocycles. The lowest BCUT2D eigenvalue weighted by molar-refractivity contribution is 0.0639. The molecular weight excluding hydrogens is 263 g/mol. The van der Waals surface area contributed by atoms with Gasteiger partial charge in [-0.05, 0) is 23.8 Å². The molecule has 0 bridgehead atoms. The number of hydrogen-bond acceptors (Lipinski definition) is 3. The summed E-state index contributed by atoms with van der Waals surface area (Å²) in [6.07, 6.45) is 0. The molecule has 0 fully saturated rings. The largest absolute Gasteiger partial charge is 0.475 e. The van der Waals surface area contributed by atoms with Crippen molar-refractivity contribution in [3.05, 3.63) is 54.1 Å². The van der Waals surface area contributed by atoms with Crippen LogP contribution in [0.25, 0.3) is 22.2 Å². The highest BCUT2D eigenvalue weighted by atomic mass is 19.1. The van der Waals surface area contributed by atoms with E-state index < -0.39 is 17.6 Å². The number of fused-ring (bicyclic) bond motifs is 1. The highest BCUT2D eigenvalue weighted by molar-refractivity contribution is 5.91. The molecule has 2 N–H and O–H groups in total. The number of rotatable bonds is 2. The van der Waals surface area contributed by atoms with Crippen LogP contribution in [-0.4, -0.2) is 26.0 Å². The summed E-state index contributed by atoms with van der Waals surface area (Å²) >= 11 is 0. The zero-order valence-corrected chi connectivity index (χ0v) is 10.1. The van der Waals surface area contributed by atoms with E-state index in [0.717, 1.165) is 0 Å². The Hall–Kier alpha value is -2.89. The van der Waals surface area contributed by atoms with Gasteiger partial charge in [0, 0.05) is 5.56 Å². The van der Waals surface area contributed by atoms with Crippen molar-refractivity contribution < 1.29 is 19.5 Å².